The molecule has 5 nitrogen and oxygen atoms in total. The van der Waals surface area contributed by atoms with Gasteiger partial charge in [-0.05, 0) is 35.0 Å². The first-order valence-corrected chi connectivity index (χ1v) is 6.97. The van der Waals surface area contributed by atoms with E-state index in [-0.39, 0.29) is 22.1 Å². The van der Waals surface area contributed by atoms with Crippen LogP contribution < -0.4 is 10.3 Å². The molecule has 1 aromatic carbocycles. The minimum Gasteiger partial charge on any atom is -0.503 e. The first-order chi connectivity index (χ1) is 9.90. The maximum atomic E-state index is 11.9. The fraction of sp³-hybridized carbons (Fsp3) is 0.143. The first kappa shape index (κ1) is 15.4. The Morgan fingerprint density at radius 2 is 2.10 bits per heavy atom. The van der Waals surface area contributed by atoms with E-state index in [4.69, 9.17) is 16.3 Å². The second kappa shape index (κ2) is 5.80. The smallest absolute Gasteiger partial charge is 0.266 e. The van der Waals surface area contributed by atoms with E-state index in [9.17, 15) is 15.2 Å². The summed E-state index contributed by atoms with van der Waals surface area (Å²) in [7, 11) is 1.39. The fourth-order valence-electron chi connectivity index (χ4n) is 1.96. The monoisotopic (exact) mass is 368 g/mol. The van der Waals surface area contributed by atoms with Gasteiger partial charge in [-0.3, -0.25) is 4.79 Å². The van der Waals surface area contributed by atoms with E-state index in [0.717, 1.165) is 0 Å². The summed E-state index contributed by atoms with van der Waals surface area (Å²) in [6, 6.07) is 5.05. The number of hydrogen-bond donors (Lipinski definition) is 2. The minimum atomic E-state index is -0.484. The topological polar surface area (TPSA) is 86.1 Å². The second-order valence-electron chi connectivity index (χ2n) is 4.28. The predicted molar refractivity (Wildman–Crippen MR) is 82.9 cm³/mol. The number of H-pyrrole nitrogens is 1. The number of halogens is 2. The number of benzene rings is 1. The molecule has 2 aromatic rings. The summed E-state index contributed by atoms with van der Waals surface area (Å²) in [6.07, 6.45) is 0. The highest BCUT2D eigenvalue weighted by molar-refractivity contribution is 9.10. The molecule has 0 aliphatic carbocycles. The molecular formula is C14H10BrClN2O3. The van der Waals surface area contributed by atoms with Gasteiger partial charge in [0.15, 0.2) is 11.5 Å². The van der Waals surface area contributed by atoms with Gasteiger partial charge in [-0.25, -0.2) is 0 Å². The van der Waals surface area contributed by atoms with Gasteiger partial charge in [0.25, 0.3) is 5.56 Å². The summed E-state index contributed by atoms with van der Waals surface area (Å²) in [5.41, 5.74) is 0.975. The molecule has 0 atom stereocenters. The standard InChI is InChI=1S/C14H10BrClN2O3/c1-6-3-7(9(5-17)14(20)18-6)8-4-10(21-2)13(19)12(16)11(8)15/h3-4,19H,1-2H3,(H,18,20). The van der Waals surface area contributed by atoms with Crippen molar-refractivity contribution < 1.29 is 9.84 Å². The number of rotatable bonds is 2. The Morgan fingerprint density at radius 1 is 1.43 bits per heavy atom. The van der Waals surface area contributed by atoms with Crippen LogP contribution >= 0.6 is 27.5 Å². The number of nitriles is 1. The maximum absolute atomic E-state index is 11.9. The van der Waals surface area contributed by atoms with Gasteiger partial charge in [-0.1, -0.05) is 11.6 Å². The Balaban J connectivity index is 2.89. The normalized spacial score (nSPS) is 10.2. The van der Waals surface area contributed by atoms with Crippen LogP contribution in [0.3, 0.4) is 0 Å². The number of hydrogen-bond acceptors (Lipinski definition) is 4. The van der Waals surface area contributed by atoms with Gasteiger partial charge in [-0.2, -0.15) is 5.26 Å². The molecular weight excluding hydrogens is 360 g/mol. The third-order valence-corrected chi connectivity index (χ3v) is 4.36. The van der Waals surface area contributed by atoms with Crippen molar-refractivity contribution >= 4 is 27.5 Å². The lowest BCUT2D eigenvalue weighted by atomic mass is 10.0. The van der Waals surface area contributed by atoms with Crippen LogP contribution in [0, 0.1) is 18.3 Å². The Kier molecular flexibility index (Phi) is 4.26. The Bertz CT molecular complexity index is 824. The highest BCUT2D eigenvalue weighted by atomic mass is 79.9. The van der Waals surface area contributed by atoms with Gasteiger partial charge < -0.3 is 14.8 Å². The molecule has 0 radical (unpaired) electrons. The predicted octanol–water partition coefficient (Wildman–Crippen LogP) is 3.35. The van der Waals surface area contributed by atoms with E-state index in [2.05, 4.69) is 20.9 Å². The number of nitrogens with zero attached hydrogens (tertiary/aromatic N) is 1. The fourth-order valence-corrected chi connectivity index (χ4v) is 2.67. The van der Waals surface area contributed by atoms with Gasteiger partial charge >= 0.3 is 0 Å². The molecule has 2 N–H and O–H groups in total. The van der Waals surface area contributed by atoms with Crippen molar-refractivity contribution in [2.75, 3.05) is 7.11 Å². The lowest BCUT2D eigenvalue weighted by Crippen LogP contribution is -2.12. The average molecular weight is 370 g/mol. The molecule has 0 amide bonds. The van der Waals surface area contributed by atoms with E-state index in [0.29, 0.717) is 21.3 Å². The third kappa shape index (κ3) is 2.62. The van der Waals surface area contributed by atoms with Crippen molar-refractivity contribution in [2.45, 2.75) is 6.92 Å². The number of phenols is 1. The number of phenolic OH excluding ortho intramolecular Hbond substituents is 1. The summed E-state index contributed by atoms with van der Waals surface area (Å²) in [5, 5.41) is 19.1. The van der Waals surface area contributed by atoms with Crippen molar-refractivity contribution in [3.8, 4) is 28.7 Å². The number of aromatic amines is 1. The molecule has 21 heavy (non-hydrogen) atoms. The molecule has 1 heterocycles. The molecule has 108 valence electrons. The summed E-state index contributed by atoms with van der Waals surface area (Å²) in [6.45, 7) is 1.71. The molecule has 1 aromatic heterocycles. The van der Waals surface area contributed by atoms with Crippen LogP contribution in [-0.2, 0) is 0 Å². The summed E-state index contributed by atoms with van der Waals surface area (Å²) in [4.78, 5) is 14.4. The molecule has 0 fully saturated rings. The Morgan fingerprint density at radius 3 is 2.67 bits per heavy atom. The quantitative estimate of drug-likeness (QED) is 0.850. The molecule has 0 spiro atoms. The molecule has 0 unspecified atom stereocenters. The van der Waals surface area contributed by atoms with Gasteiger partial charge in [0, 0.05) is 21.3 Å². The van der Waals surface area contributed by atoms with Crippen LogP contribution in [-0.4, -0.2) is 17.2 Å². The van der Waals surface area contributed by atoms with Crippen LogP contribution in [0.2, 0.25) is 5.02 Å². The molecule has 0 saturated carbocycles. The van der Waals surface area contributed by atoms with E-state index < -0.39 is 5.56 Å². The minimum absolute atomic E-state index is 0.0369. The van der Waals surface area contributed by atoms with Gasteiger partial charge in [0.2, 0.25) is 0 Å². The number of nitrogens with one attached hydrogen (secondary N) is 1. The zero-order valence-electron chi connectivity index (χ0n) is 11.1. The zero-order chi connectivity index (χ0) is 15.7. The van der Waals surface area contributed by atoms with E-state index >= 15 is 0 Å². The van der Waals surface area contributed by atoms with Crippen molar-refractivity contribution in [2.24, 2.45) is 0 Å². The van der Waals surface area contributed by atoms with Crippen LogP contribution in [0.4, 0.5) is 0 Å². The Labute approximate surface area is 133 Å². The van der Waals surface area contributed by atoms with Gasteiger partial charge in [0.05, 0.1) is 7.11 Å². The summed E-state index contributed by atoms with van der Waals surface area (Å²) < 4.78 is 5.43. The lowest BCUT2D eigenvalue weighted by molar-refractivity contribution is 0.373. The maximum Gasteiger partial charge on any atom is 0.266 e. The molecule has 0 saturated heterocycles. The van der Waals surface area contributed by atoms with E-state index in [1.807, 2.05) is 6.07 Å². The summed E-state index contributed by atoms with van der Waals surface area (Å²) >= 11 is 9.32. The largest absolute Gasteiger partial charge is 0.503 e. The van der Waals surface area contributed by atoms with Crippen LogP contribution in [0.5, 0.6) is 11.5 Å². The van der Waals surface area contributed by atoms with Crippen LogP contribution in [0.15, 0.2) is 21.4 Å². The van der Waals surface area contributed by atoms with Crippen molar-refractivity contribution in [3.05, 3.63) is 43.2 Å². The highest BCUT2D eigenvalue weighted by Crippen LogP contribution is 2.45. The molecule has 0 aliphatic heterocycles. The van der Waals surface area contributed by atoms with Crippen molar-refractivity contribution in [1.82, 2.24) is 4.98 Å². The number of aromatic hydroxyl groups is 1. The number of aromatic nitrogens is 1. The van der Waals surface area contributed by atoms with Crippen molar-refractivity contribution in [1.29, 1.82) is 5.26 Å². The van der Waals surface area contributed by atoms with Crippen LogP contribution in [0.25, 0.3) is 11.1 Å². The zero-order valence-corrected chi connectivity index (χ0v) is 13.5. The van der Waals surface area contributed by atoms with Gasteiger partial charge in [0.1, 0.15) is 16.7 Å². The molecule has 0 aliphatic rings. The average Bonchev–Trinajstić information content (AvgIpc) is 2.44. The van der Waals surface area contributed by atoms with Crippen LogP contribution in [0.1, 0.15) is 11.3 Å². The number of pyridine rings is 1. The lowest BCUT2D eigenvalue weighted by Gasteiger charge is -2.13. The number of aryl methyl sites for hydroxylation is 1. The molecule has 7 heteroatoms. The first-order valence-electron chi connectivity index (χ1n) is 5.80. The highest BCUT2D eigenvalue weighted by Gasteiger charge is 2.19. The van der Waals surface area contributed by atoms with Crippen molar-refractivity contribution in [3.63, 3.8) is 0 Å². The van der Waals surface area contributed by atoms with Gasteiger partial charge in [-0.15, -0.1) is 0 Å². The summed E-state index contributed by atoms with van der Waals surface area (Å²) in [5.74, 6) is -0.0603. The Hall–Kier alpha value is -1.97. The second-order valence-corrected chi connectivity index (χ2v) is 5.46. The number of ether oxygens (including phenoxy) is 1. The van der Waals surface area contributed by atoms with E-state index in [1.54, 1.807) is 13.0 Å². The molecule has 0 bridgehead atoms. The SMILES string of the molecule is COc1cc(-c2cc(C)[nH]c(=O)c2C#N)c(Br)c(Cl)c1O. The number of methoxy groups -OCH3 is 1. The van der Waals surface area contributed by atoms with E-state index in [1.165, 1.54) is 13.2 Å². The molecule has 2 rings (SSSR count). The third-order valence-electron chi connectivity index (χ3n) is 2.94.